The number of nitrogens with one attached hydrogen (secondary N) is 2. The van der Waals surface area contributed by atoms with E-state index in [1.54, 1.807) is 29.7 Å². The molecule has 3 N–H and O–H groups in total. The van der Waals surface area contributed by atoms with Crippen LogP contribution in [0.5, 0.6) is 0 Å². The molecule has 0 fully saturated rings. The topological polar surface area (TPSA) is 74.0 Å². The molecule has 1 aromatic carbocycles. The first-order chi connectivity index (χ1) is 12.7. The molecule has 0 amide bonds. The van der Waals surface area contributed by atoms with Crippen molar-refractivity contribution in [3.05, 3.63) is 58.7 Å². The molecule has 1 atom stereocenters. The molecule has 0 aliphatic heterocycles. The summed E-state index contributed by atoms with van der Waals surface area (Å²) in [7, 11) is 1.72. The summed E-state index contributed by atoms with van der Waals surface area (Å²) < 4.78 is 3.19. The normalized spacial score (nSPS) is 13.4. The summed E-state index contributed by atoms with van der Waals surface area (Å²) in [5, 5.41) is 20.0. The number of rotatable bonds is 5. The number of aliphatic imine (C=N–C) groups is 1. The smallest absolute Gasteiger partial charge is 0.193 e. The first-order valence-corrected chi connectivity index (χ1v) is 9.94. The monoisotopic (exact) mass is 385 g/mol. The van der Waals surface area contributed by atoms with E-state index in [4.69, 9.17) is 0 Å². The molecule has 4 rings (SSSR count). The van der Waals surface area contributed by atoms with Gasteiger partial charge in [-0.05, 0) is 17.5 Å². The Balaban J connectivity index is 1.33. The second kappa shape index (κ2) is 7.45. The third-order valence-corrected chi connectivity index (χ3v) is 6.03. The lowest BCUT2D eigenvalue weighted by Crippen LogP contribution is -2.38. The molecule has 3 aromatic heterocycles. The van der Waals surface area contributed by atoms with Crippen molar-refractivity contribution in [2.45, 2.75) is 12.6 Å². The zero-order valence-corrected chi connectivity index (χ0v) is 15.8. The van der Waals surface area contributed by atoms with Crippen LogP contribution in [-0.2, 0) is 6.54 Å². The molecule has 0 aliphatic carbocycles. The molecule has 0 saturated carbocycles. The molecule has 4 aromatic rings. The fraction of sp³-hybridized carbons (Fsp3) is 0.222. The van der Waals surface area contributed by atoms with Crippen LogP contribution >= 0.6 is 22.7 Å². The van der Waals surface area contributed by atoms with Crippen LogP contribution in [0, 0.1) is 0 Å². The van der Waals surface area contributed by atoms with Gasteiger partial charge in [-0.3, -0.25) is 9.39 Å². The van der Waals surface area contributed by atoms with E-state index in [1.807, 2.05) is 40.4 Å². The molecule has 6 nitrogen and oxygen atoms in total. The summed E-state index contributed by atoms with van der Waals surface area (Å²) >= 11 is 3.22. The Morgan fingerprint density at radius 1 is 1.35 bits per heavy atom. The van der Waals surface area contributed by atoms with Gasteiger partial charge in [0.15, 0.2) is 10.9 Å². The highest BCUT2D eigenvalue weighted by Gasteiger charge is 2.12. The molecule has 8 heteroatoms. The van der Waals surface area contributed by atoms with Gasteiger partial charge in [-0.15, -0.1) is 22.7 Å². The summed E-state index contributed by atoms with van der Waals surface area (Å²) in [6, 6.07) is 10.2. The van der Waals surface area contributed by atoms with Crippen LogP contribution in [0.1, 0.15) is 16.7 Å². The van der Waals surface area contributed by atoms with E-state index in [0.29, 0.717) is 19.0 Å². The molecular weight excluding hydrogens is 366 g/mol. The van der Waals surface area contributed by atoms with Gasteiger partial charge in [-0.2, -0.15) is 0 Å². The molecule has 0 spiro atoms. The summed E-state index contributed by atoms with van der Waals surface area (Å²) in [5.41, 5.74) is 0.949. The number of aliphatic hydroxyl groups excluding tert-OH is 1. The minimum absolute atomic E-state index is 0.394. The SMILES string of the molecule is CN=C(NCc1cn2ccsc2n1)NCC(O)c1cc2ccccc2s1. The van der Waals surface area contributed by atoms with Gasteiger partial charge >= 0.3 is 0 Å². The van der Waals surface area contributed by atoms with Gasteiger partial charge < -0.3 is 15.7 Å². The first-order valence-electron chi connectivity index (χ1n) is 8.25. The Morgan fingerprint density at radius 2 is 2.23 bits per heavy atom. The number of guanidine groups is 1. The van der Waals surface area contributed by atoms with Crippen molar-refractivity contribution in [2.75, 3.05) is 13.6 Å². The van der Waals surface area contributed by atoms with Crippen molar-refractivity contribution >= 4 is 43.7 Å². The lowest BCUT2D eigenvalue weighted by molar-refractivity contribution is 0.184. The average molecular weight is 386 g/mol. The molecular formula is C18H19N5OS2. The van der Waals surface area contributed by atoms with E-state index in [9.17, 15) is 5.11 Å². The van der Waals surface area contributed by atoms with Crippen LogP contribution < -0.4 is 10.6 Å². The average Bonchev–Trinajstić information content (AvgIpc) is 3.35. The van der Waals surface area contributed by atoms with Crippen molar-refractivity contribution in [1.82, 2.24) is 20.0 Å². The maximum absolute atomic E-state index is 10.5. The zero-order chi connectivity index (χ0) is 17.9. The van der Waals surface area contributed by atoms with E-state index < -0.39 is 6.10 Å². The molecule has 0 radical (unpaired) electrons. The Kier molecular flexibility index (Phi) is 4.87. The van der Waals surface area contributed by atoms with Crippen molar-refractivity contribution in [1.29, 1.82) is 0 Å². The molecule has 0 aliphatic rings. The van der Waals surface area contributed by atoms with E-state index >= 15 is 0 Å². The Hall–Kier alpha value is -2.42. The maximum atomic E-state index is 10.5. The van der Waals surface area contributed by atoms with E-state index in [-0.39, 0.29) is 0 Å². The van der Waals surface area contributed by atoms with E-state index in [0.717, 1.165) is 20.9 Å². The molecule has 134 valence electrons. The Labute approximate surface area is 158 Å². The summed E-state index contributed by atoms with van der Waals surface area (Å²) in [6.45, 7) is 0.970. The molecule has 1 unspecified atom stereocenters. The molecule has 0 saturated heterocycles. The predicted molar refractivity (Wildman–Crippen MR) is 108 cm³/mol. The minimum Gasteiger partial charge on any atom is -0.386 e. The minimum atomic E-state index is -0.580. The highest BCUT2D eigenvalue weighted by atomic mass is 32.1. The van der Waals surface area contributed by atoms with Gasteiger partial charge in [-0.25, -0.2) is 4.98 Å². The number of fused-ring (bicyclic) bond motifs is 2. The Bertz CT molecular complexity index is 987. The second-order valence-corrected chi connectivity index (χ2v) is 7.82. The lowest BCUT2D eigenvalue weighted by Gasteiger charge is -2.14. The van der Waals surface area contributed by atoms with Gasteiger partial charge in [-0.1, -0.05) is 18.2 Å². The van der Waals surface area contributed by atoms with Crippen LogP contribution in [-0.4, -0.2) is 34.0 Å². The van der Waals surface area contributed by atoms with Gasteiger partial charge in [0.05, 0.1) is 12.2 Å². The standard InChI is InChI=1S/C18H19N5OS2/c1-19-17(20-9-13-11-23-6-7-25-18(23)22-13)21-10-14(24)16-8-12-4-2-3-5-15(12)26-16/h2-8,11,14,24H,9-10H2,1H3,(H2,19,20,21). The van der Waals surface area contributed by atoms with Crippen LogP contribution in [0.4, 0.5) is 0 Å². The van der Waals surface area contributed by atoms with Crippen LogP contribution in [0.2, 0.25) is 0 Å². The van der Waals surface area contributed by atoms with E-state index in [1.165, 1.54) is 4.70 Å². The lowest BCUT2D eigenvalue weighted by atomic mass is 10.2. The number of hydrogen-bond acceptors (Lipinski definition) is 5. The van der Waals surface area contributed by atoms with Gasteiger partial charge in [0.1, 0.15) is 6.10 Å². The van der Waals surface area contributed by atoms with Crippen LogP contribution in [0.25, 0.3) is 15.0 Å². The van der Waals surface area contributed by atoms with Gasteiger partial charge in [0.2, 0.25) is 0 Å². The summed E-state index contributed by atoms with van der Waals surface area (Å²) in [4.78, 5) is 10.7. The number of hydrogen-bond donors (Lipinski definition) is 3. The Morgan fingerprint density at radius 3 is 3.04 bits per heavy atom. The second-order valence-electron chi connectivity index (χ2n) is 5.83. The number of aliphatic hydroxyl groups is 1. The largest absolute Gasteiger partial charge is 0.386 e. The zero-order valence-electron chi connectivity index (χ0n) is 14.2. The summed E-state index contributed by atoms with van der Waals surface area (Å²) in [5.74, 6) is 0.640. The molecule has 3 heterocycles. The number of benzene rings is 1. The predicted octanol–water partition coefficient (Wildman–Crippen LogP) is 3.01. The summed E-state index contributed by atoms with van der Waals surface area (Å²) in [6.07, 6.45) is 3.41. The van der Waals surface area contributed by atoms with Crippen molar-refractivity contribution in [2.24, 2.45) is 4.99 Å². The van der Waals surface area contributed by atoms with Crippen molar-refractivity contribution in [3.8, 4) is 0 Å². The number of aromatic nitrogens is 2. The number of thiazole rings is 1. The number of thiophene rings is 1. The highest BCUT2D eigenvalue weighted by molar-refractivity contribution is 7.19. The third kappa shape index (κ3) is 3.57. The molecule has 0 bridgehead atoms. The van der Waals surface area contributed by atoms with Crippen LogP contribution in [0.15, 0.2) is 53.1 Å². The molecule has 26 heavy (non-hydrogen) atoms. The quantitative estimate of drug-likeness (QED) is 0.365. The van der Waals surface area contributed by atoms with Crippen LogP contribution in [0.3, 0.4) is 0 Å². The highest BCUT2D eigenvalue weighted by Crippen LogP contribution is 2.29. The van der Waals surface area contributed by atoms with E-state index in [2.05, 4.69) is 32.7 Å². The van der Waals surface area contributed by atoms with Gasteiger partial charge in [0, 0.05) is 40.9 Å². The van der Waals surface area contributed by atoms with Gasteiger partial charge in [0.25, 0.3) is 0 Å². The van der Waals surface area contributed by atoms with Crippen molar-refractivity contribution in [3.63, 3.8) is 0 Å². The third-order valence-electron chi connectivity index (χ3n) is 4.04. The maximum Gasteiger partial charge on any atom is 0.193 e. The number of nitrogens with zero attached hydrogens (tertiary/aromatic N) is 3. The fourth-order valence-electron chi connectivity index (χ4n) is 2.72. The fourth-order valence-corrected chi connectivity index (χ4v) is 4.49. The first kappa shape index (κ1) is 17.0. The number of imidazole rings is 1. The van der Waals surface area contributed by atoms with Crippen molar-refractivity contribution < 1.29 is 5.11 Å².